The molecule has 0 radical (unpaired) electrons. The number of carbonyl (C=O) groups excluding carboxylic acids is 1. The third-order valence-electron chi connectivity index (χ3n) is 9.22. The lowest BCUT2D eigenvalue weighted by Crippen LogP contribution is -2.65. The maximum atomic E-state index is 12.6. The lowest BCUT2D eigenvalue weighted by Gasteiger charge is -2.46. The van der Waals surface area contributed by atoms with Gasteiger partial charge < -0.3 is 65.1 Å². The summed E-state index contributed by atoms with van der Waals surface area (Å²) >= 11 is 0. The zero-order valence-electron chi connectivity index (χ0n) is 29.4. The first-order chi connectivity index (χ1) is 23.6. The number of hydrogen-bond donors (Lipinski definition) is 9. The van der Waals surface area contributed by atoms with E-state index in [9.17, 15) is 45.6 Å². The molecule has 288 valence electrons. The van der Waals surface area contributed by atoms with Crippen LogP contribution < -0.4 is 5.32 Å². The predicted octanol–water partition coefficient (Wildman–Crippen LogP) is 0.920. The molecular formula is C35H65NO13. The summed E-state index contributed by atoms with van der Waals surface area (Å²) < 4.78 is 22.3. The number of aliphatic hydroxyl groups excluding tert-OH is 8. The van der Waals surface area contributed by atoms with Gasteiger partial charge in [0.25, 0.3) is 0 Å². The second-order valence-corrected chi connectivity index (χ2v) is 13.4. The number of allylic oxidation sites excluding steroid dienone is 1. The van der Waals surface area contributed by atoms with E-state index in [1.807, 2.05) is 13.0 Å². The number of aliphatic hydroxyl groups is 8. The standard InChI is InChI=1S/C35H65NO13/c1-3-5-7-8-9-10-11-12-13-14-15-16-17-18-24(39)23(36-27(40)19-6-4-2)22-46-34-32(45)30(43)33(26(21-38)48-34)49-35-31(44)29(42)28(41)25(20-37)47-35/h17-18,23-26,28-35,37-39,41-45H,3-16,19-22H2,1-2H3,(H,36,40)/b18-17+. The minimum absolute atomic E-state index is 0.257. The molecule has 0 spiro atoms. The van der Waals surface area contributed by atoms with Gasteiger partial charge in [-0.1, -0.05) is 96.6 Å². The fraction of sp³-hybridized carbons (Fsp3) is 0.914. The highest BCUT2D eigenvalue weighted by atomic mass is 16.7. The van der Waals surface area contributed by atoms with Crippen molar-refractivity contribution < 1.29 is 64.6 Å². The van der Waals surface area contributed by atoms with Crippen molar-refractivity contribution in [3.63, 3.8) is 0 Å². The van der Waals surface area contributed by atoms with E-state index in [1.165, 1.54) is 57.8 Å². The van der Waals surface area contributed by atoms with E-state index in [1.54, 1.807) is 6.08 Å². The molecule has 12 atom stereocenters. The molecule has 0 bridgehead atoms. The Morgan fingerprint density at radius 2 is 1.27 bits per heavy atom. The number of amides is 1. The number of hydrogen-bond acceptors (Lipinski definition) is 13. The molecule has 0 saturated carbocycles. The molecule has 1 amide bonds. The first kappa shape index (κ1) is 43.9. The Morgan fingerprint density at radius 3 is 1.86 bits per heavy atom. The molecule has 2 aliphatic rings. The molecule has 0 aromatic rings. The van der Waals surface area contributed by atoms with Crippen molar-refractivity contribution in [2.75, 3.05) is 19.8 Å². The molecular weight excluding hydrogens is 642 g/mol. The van der Waals surface area contributed by atoms with Gasteiger partial charge in [-0.25, -0.2) is 0 Å². The van der Waals surface area contributed by atoms with Crippen molar-refractivity contribution in [2.45, 2.75) is 184 Å². The van der Waals surface area contributed by atoms with Gasteiger partial charge in [0.1, 0.15) is 48.8 Å². The van der Waals surface area contributed by atoms with E-state index >= 15 is 0 Å². The molecule has 14 heteroatoms. The smallest absolute Gasteiger partial charge is 0.220 e. The first-order valence-corrected chi connectivity index (χ1v) is 18.4. The van der Waals surface area contributed by atoms with Gasteiger partial charge >= 0.3 is 0 Å². The minimum atomic E-state index is -1.78. The van der Waals surface area contributed by atoms with Crippen molar-refractivity contribution in [3.05, 3.63) is 12.2 Å². The van der Waals surface area contributed by atoms with Crippen LogP contribution in [0.5, 0.6) is 0 Å². The van der Waals surface area contributed by atoms with E-state index in [0.29, 0.717) is 6.42 Å². The van der Waals surface area contributed by atoms with Crippen molar-refractivity contribution in [2.24, 2.45) is 0 Å². The maximum Gasteiger partial charge on any atom is 0.220 e. The van der Waals surface area contributed by atoms with Gasteiger partial charge in [-0.3, -0.25) is 4.79 Å². The molecule has 49 heavy (non-hydrogen) atoms. The largest absolute Gasteiger partial charge is 0.394 e. The van der Waals surface area contributed by atoms with E-state index < -0.39 is 86.8 Å². The van der Waals surface area contributed by atoms with Crippen molar-refractivity contribution >= 4 is 5.91 Å². The molecule has 2 heterocycles. The van der Waals surface area contributed by atoms with Gasteiger partial charge in [0.15, 0.2) is 12.6 Å². The van der Waals surface area contributed by atoms with Gasteiger partial charge in [-0.05, 0) is 19.3 Å². The molecule has 2 saturated heterocycles. The average Bonchev–Trinajstić information content (AvgIpc) is 3.10. The van der Waals surface area contributed by atoms with Gasteiger partial charge in [0.2, 0.25) is 5.91 Å². The highest BCUT2D eigenvalue weighted by Gasteiger charge is 2.50. The average molecular weight is 708 g/mol. The Bertz CT molecular complexity index is 894. The summed E-state index contributed by atoms with van der Waals surface area (Å²) in [6.45, 7) is 2.47. The van der Waals surface area contributed by atoms with Crippen LogP contribution in [-0.2, 0) is 23.7 Å². The van der Waals surface area contributed by atoms with Crippen LogP contribution in [0, 0.1) is 0 Å². The Hall–Kier alpha value is -1.27. The molecule has 2 rings (SSSR count). The van der Waals surface area contributed by atoms with Gasteiger partial charge in [0, 0.05) is 6.42 Å². The highest BCUT2D eigenvalue weighted by Crippen LogP contribution is 2.29. The zero-order chi connectivity index (χ0) is 36.2. The quantitative estimate of drug-likeness (QED) is 0.0476. The van der Waals surface area contributed by atoms with E-state index in [0.717, 1.165) is 25.7 Å². The Labute approximate surface area is 291 Å². The second-order valence-electron chi connectivity index (χ2n) is 13.4. The number of rotatable bonds is 25. The van der Waals surface area contributed by atoms with Crippen LogP contribution in [0.1, 0.15) is 110 Å². The van der Waals surface area contributed by atoms with E-state index in [4.69, 9.17) is 18.9 Å². The summed E-state index contributed by atoms with van der Waals surface area (Å²) in [4.78, 5) is 12.6. The van der Waals surface area contributed by atoms with Crippen molar-refractivity contribution in [1.29, 1.82) is 0 Å². The molecule has 9 N–H and O–H groups in total. The number of unbranched alkanes of at least 4 members (excludes halogenated alkanes) is 12. The summed E-state index contributed by atoms with van der Waals surface area (Å²) in [6.07, 6.45) is 2.67. The molecule has 0 aliphatic carbocycles. The van der Waals surface area contributed by atoms with Crippen LogP contribution in [0.25, 0.3) is 0 Å². The molecule has 14 nitrogen and oxygen atoms in total. The van der Waals surface area contributed by atoms with Crippen LogP contribution >= 0.6 is 0 Å². The summed E-state index contributed by atoms with van der Waals surface area (Å²) in [5.74, 6) is -0.278. The SMILES string of the molecule is CCCCCCCCCCCCC/C=C/C(O)C(COC1OC(CO)C(OC2OC(CO)C(O)C(O)C2O)C(O)C1O)NC(=O)CCCC. The number of ether oxygens (including phenoxy) is 4. The van der Waals surface area contributed by atoms with Crippen molar-refractivity contribution in [3.8, 4) is 0 Å². The molecule has 12 unspecified atom stereocenters. The molecule has 0 aromatic heterocycles. The van der Waals surface area contributed by atoms with Crippen LogP contribution in [0.2, 0.25) is 0 Å². The maximum absolute atomic E-state index is 12.6. The zero-order valence-corrected chi connectivity index (χ0v) is 29.4. The van der Waals surface area contributed by atoms with Crippen LogP contribution in [0.4, 0.5) is 0 Å². The Morgan fingerprint density at radius 1 is 0.714 bits per heavy atom. The van der Waals surface area contributed by atoms with E-state index in [2.05, 4.69) is 12.2 Å². The Balaban J connectivity index is 1.90. The fourth-order valence-corrected chi connectivity index (χ4v) is 6.03. The van der Waals surface area contributed by atoms with Crippen LogP contribution in [0.3, 0.4) is 0 Å². The van der Waals surface area contributed by atoms with Gasteiger partial charge in [0.05, 0.1) is 32.0 Å². The number of nitrogens with one attached hydrogen (secondary N) is 1. The summed E-state index contributed by atoms with van der Waals surface area (Å²) in [5, 5.41) is 85.3. The van der Waals surface area contributed by atoms with Crippen LogP contribution in [0.15, 0.2) is 12.2 Å². The third-order valence-corrected chi connectivity index (χ3v) is 9.22. The summed E-state index contributed by atoms with van der Waals surface area (Å²) in [7, 11) is 0. The summed E-state index contributed by atoms with van der Waals surface area (Å²) in [6, 6.07) is -0.901. The lowest BCUT2D eigenvalue weighted by atomic mass is 9.97. The van der Waals surface area contributed by atoms with Gasteiger partial charge in [-0.15, -0.1) is 0 Å². The molecule has 0 aromatic carbocycles. The third kappa shape index (κ3) is 15.1. The number of carbonyl (C=O) groups is 1. The minimum Gasteiger partial charge on any atom is -0.394 e. The predicted molar refractivity (Wildman–Crippen MR) is 180 cm³/mol. The fourth-order valence-electron chi connectivity index (χ4n) is 6.03. The second kappa shape index (κ2) is 24.8. The highest BCUT2D eigenvalue weighted by molar-refractivity contribution is 5.76. The van der Waals surface area contributed by atoms with Crippen LogP contribution in [-0.4, -0.2) is 140 Å². The molecule has 2 fully saturated rings. The van der Waals surface area contributed by atoms with E-state index in [-0.39, 0.29) is 18.9 Å². The normalized spacial score (nSPS) is 32.0. The first-order valence-electron chi connectivity index (χ1n) is 18.4. The topological polar surface area (TPSA) is 228 Å². The monoisotopic (exact) mass is 707 g/mol. The molecule has 2 aliphatic heterocycles. The summed E-state index contributed by atoms with van der Waals surface area (Å²) in [5.41, 5.74) is 0. The Kier molecular flexibility index (Phi) is 22.2. The van der Waals surface area contributed by atoms with Crippen molar-refractivity contribution in [1.82, 2.24) is 5.32 Å². The van der Waals surface area contributed by atoms with Gasteiger partial charge in [-0.2, -0.15) is 0 Å². The lowest BCUT2D eigenvalue weighted by molar-refractivity contribution is -0.359.